The summed E-state index contributed by atoms with van der Waals surface area (Å²) in [5, 5.41) is 17.7. The van der Waals surface area contributed by atoms with E-state index in [2.05, 4.69) is 157 Å². The summed E-state index contributed by atoms with van der Waals surface area (Å²) in [5.74, 6) is 2.78. The third-order valence-corrected chi connectivity index (χ3v) is 18.5. The van der Waals surface area contributed by atoms with Gasteiger partial charge in [-0.15, -0.1) is 0 Å². The van der Waals surface area contributed by atoms with Gasteiger partial charge in [-0.3, -0.25) is 4.79 Å². The molecule has 107 heavy (non-hydrogen) atoms. The van der Waals surface area contributed by atoms with E-state index >= 15 is 0 Å². The smallest absolute Gasteiger partial charge is 1.00 e. The predicted molar refractivity (Wildman–Crippen MR) is 416 cm³/mol. The van der Waals surface area contributed by atoms with Gasteiger partial charge in [0, 0.05) is 76.4 Å². The number of hydrogen-bond donors (Lipinski definition) is 1. The van der Waals surface area contributed by atoms with Gasteiger partial charge in [-0.2, -0.15) is 0 Å². The summed E-state index contributed by atoms with van der Waals surface area (Å²) in [4.78, 5) is 44.1. The van der Waals surface area contributed by atoms with Crippen LogP contribution >= 0.6 is 0 Å². The zero-order chi connectivity index (χ0) is 70.6. The van der Waals surface area contributed by atoms with Crippen molar-refractivity contribution in [3.05, 3.63) is 346 Å². The van der Waals surface area contributed by atoms with Gasteiger partial charge in [0.1, 0.15) is 17.0 Å². The Balaban J connectivity index is 0.000000143. The number of fused-ring (bicyclic) bond motifs is 14. The van der Waals surface area contributed by atoms with Gasteiger partial charge in [0.2, 0.25) is 0 Å². The summed E-state index contributed by atoms with van der Waals surface area (Å²) in [6, 6.07) is 114. The molecule has 14 aromatic carbocycles. The van der Waals surface area contributed by atoms with E-state index in [4.69, 9.17) is 33.8 Å². The molecule has 16 heteroatoms. The molecule has 0 bridgehead atoms. The minimum Gasteiger partial charge on any atom is -1.00 e. The van der Waals surface area contributed by atoms with Crippen LogP contribution < -0.4 is 143 Å². The standard InChI is InChI=1S/C45H28N4O.C27H18FN3.C18H11NO.CH2O3.2Cs.H/c1-4-14-29(15-5-1)32-24-27-39(37(28-32)45-47-43(30-16-6-2-7-17-30)46-44(48-45)31-18-8-3-9-19-31)49-38-22-12-10-20-33(38)35-25-26-36-34-21-11-13-23-40(34)50-42(36)41(35)49;28-24-17-16-22(19-10-4-1-5-11-19)18-23(24)27-30-25(20-12-6-2-7-13-20)29-26(31-27)21-14-8-3-9-15-21;1-3-7-15-11(5-1)13-9-10-14-12-6-2-4-8-16(12)20-18(14)17(13)19-15;2-1-4-3;;;/h1-28H;1-18H;1-10,19H;1,3H;;;/q;;;;2*+1;-1/p-1. The van der Waals surface area contributed by atoms with Crippen LogP contribution in [0, 0.1) is 5.82 Å². The van der Waals surface area contributed by atoms with Crippen LogP contribution in [0.25, 0.3) is 184 Å². The average Bonchev–Trinajstić information content (AvgIpc) is 1.56. The minimum atomic E-state index is -0.371. The minimum absolute atomic E-state index is 0. The van der Waals surface area contributed by atoms with Gasteiger partial charge in [0.05, 0.1) is 27.8 Å². The summed E-state index contributed by atoms with van der Waals surface area (Å²) >= 11 is 0. The molecule has 0 saturated carbocycles. The number of H-pyrrole nitrogens is 1. The van der Waals surface area contributed by atoms with E-state index in [1.165, 1.54) is 27.6 Å². The first-order valence-corrected chi connectivity index (χ1v) is 34.1. The summed E-state index contributed by atoms with van der Waals surface area (Å²) in [6.07, 6.45) is 0. The molecule has 6 heterocycles. The molecule has 1 N–H and O–H groups in total. The molecule has 0 aliphatic rings. The van der Waals surface area contributed by atoms with Crippen molar-refractivity contribution in [1.82, 2.24) is 39.5 Å². The fourth-order valence-corrected chi connectivity index (χ4v) is 13.7. The molecule has 6 aromatic heterocycles. The second-order valence-electron chi connectivity index (χ2n) is 24.9. The van der Waals surface area contributed by atoms with Gasteiger partial charge >= 0.3 is 138 Å². The number of halogens is 1. The molecule has 20 aromatic rings. The van der Waals surface area contributed by atoms with Crippen molar-refractivity contribution in [2.75, 3.05) is 0 Å². The molecule has 0 aliphatic heterocycles. The van der Waals surface area contributed by atoms with Crippen molar-refractivity contribution in [3.8, 4) is 96.3 Å². The fourth-order valence-electron chi connectivity index (χ4n) is 13.7. The normalized spacial score (nSPS) is 11.0. The first-order chi connectivity index (χ1) is 51.9. The largest absolute Gasteiger partial charge is 1.00 e. The molecule has 13 nitrogen and oxygen atoms in total. The molecule has 0 saturated heterocycles. The molecule has 0 atom stereocenters. The number of para-hydroxylation sites is 4. The fraction of sp³-hybridized carbons (Fsp3) is 0. The maximum Gasteiger partial charge on any atom is 1.00 e. The summed E-state index contributed by atoms with van der Waals surface area (Å²) < 4.78 is 30.0. The van der Waals surface area contributed by atoms with Crippen LogP contribution in [0.5, 0.6) is 0 Å². The van der Waals surface area contributed by atoms with Crippen LogP contribution in [0.2, 0.25) is 0 Å². The van der Waals surface area contributed by atoms with Crippen molar-refractivity contribution in [2.24, 2.45) is 0 Å². The first-order valence-electron chi connectivity index (χ1n) is 34.1. The Hall–Kier alpha value is -10.2. The van der Waals surface area contributed by atoms with Gasteiger partial charge in [0.25, 0.3) is 6.47 Å². The van der Waals surface area contributed by atoms with Crippen molar-refractivity contribution in [2.45, 2.75) is 0 Å². The number of aromatic amines is 1. The van der Waals surface area contributed by atoms with E-state index in [0.29, 0.717) is 40.5 Å². The summed E-state index contributed by atoms with van der Waals surface area (Å²) in [7, 11) is 0. The Morgan fingerprint density at radius 3 is 1.21 bits per heavy atom. The molecule has 0 unspecified atom stereocenters. The van der Waals surface area contributed by atoms with Crippen LogP contribution in [-0.2, 0) is 9.68 Å². The number of nitrogens with zero attached hydrogens (tertiary/aromatic N) is 7. The molecule has 502 valence electrons. The maximum absolute atomic E-state index is 14.9. The number of hydrogen-bond acceptors (Lipinski definition) is 11. The number of carbonyl (C=O) groups excluding carboxylic acids is 1. The Labute approximate surface area is 732 Å². The van der Waals surface area contributed by atoms with Crippen molar-refractivity contribution >= 4 is 94.0 Å². The Morgan fingerprint density at radius 2 is 0.710 bits per heavy atom. The predicted octanol–water partition coefficient (Wildman–Crippen LogP) is 16.0. The zero-order valence-corrected chi connectivity index (χ0v) is 70.5. The number of aromatic nitrogens is 8. The second-order valence-corrected chi connectivity index (χ2v) is 24.9. The number of carbonyl (C=O) groups is 1. The van der Waals surface area contributed by atoms with E-state index in [-0.39, 0.29) is 152 Å². The molecule has 0 spiro atoms. The van der Waals surface area contributed by atoms with Crippen LogP contribution in [0.4, 0.5) is 4.39 Å². The van der Waals surface area contributed by atoms with E-state index < -0.39 is 0 Å². The molecular formula is C91H59Cs2FN8O5. The summed E-state index contributed by atoms with van der Waals surface area (Å²) in [6.45, 7) is -0.181. The average molecular weight is 1630 g/mol. The van der Waals surface area contributed by atoms with Crippen molar-refractivity contribution < 1.29 is 167 Å². The molecule has 0 amide bonds. The van der Waals surface area contributed by atoms with Crippen LogP contribution in [0.1, 0.15) is 1.43 Å². The summed E-state index contributed by atoms with van der Waals surface area (Å²) in [5.41, 5.74) is 17.7. The Kier molecular flexibility index (Phi) is 22.2. The molecule has 0 radical (unpaired) electrons. The van der Waals surface area contributed by atoms with E-state index in [1.807, 2.05) is 194 Å². The molecule has 20 rings (SSSR count). The van der Waals surface area contributed by atoms with Gasteiger partial charge in [0.15, 0.2) is 46.1 Å². The third-order valence-electron chi connectivity index (χ3n) is 18.5. The van der Waals surface area contributed by atoms with E-state index in [9.17, 15) is 4.39 Å². The SMILES string of the molecule is Fc1ccc(-c2ccccc2)cc1-c1nc(-c2ccccc2)nc(-c2ccccc2)n1.O=CO[O-].[Cs+].[Cs+].[H-].c1ccc(-c2ccc(-n3c4ccccc4c4ccc5c6ccccc6oc5c43)c(-c3nc(-c4ccccc4)nc(-c4ccccc4)n3)c2)cc1.c1ccc2c(c1)[nH]c1c2ccc2c3ccccc3oc21. The van der Waals surface area contributed by atoms with E-state index in [1.54, 1.807) is 12.1 Å². The first kappa shape index (κ1) is 72.3. The van der Waals surface area contributed by atoms with Crippen molar-refractivity contribution in [1.29, 1.82) is 0 Å². The molecular weight excluding hydrogens is 1570 g/mol. The second kappa shape index (κ2) is 32.9. The van der Waals surface area contributed by atoms with Gasteiger partial charge < -0.3 is 30.0 Å². The molecule has 0 aliphatic carbocycles. The zero-order valence-electron chi connectivity index (χ0n) is 59.0. The van der Waals surface area contributed by atoms with Crippen LogP contribution in [0.3, 0.4) is 0 Å². The maximum atomic E-state index is 14.9. The monoisotopic (exact) mass is 1630 g/mol. The van der Waals surface area contributed by atoms with Gasteiger partial charge in [-0.25, -0.2) is 34.3 Å². The van der Waals surface area contributed by atoms with Gasteiger partial charge in [-0.05, 0) is 82.9 Å². The number of rotatable bonds is 10. The van der Waals surface area contributed by atoms with Crippen molar-refractivity contribution in [3.63, 3.8) is 0 Å². The number of nitrogens with one attached hydrogen (secondary N) is 1. The third kappa shape index (κ3) is 14.8. The Morgan fingerprint density at radius 1 is 0.346 bits per heavy atom. The number of furan rings is 2. The van der Waals surface area contributed by atoms with Crippen LogP contribution in [0.15, 0.2) is 349 Å². The topological polar surface area (TPSA) is 174 Å². The molecule has 0 fully saturated rings. The van der Waals surface area contributed by atoms with E-state index in [0.717, 1.165) is 122 Å². The quantitative estimate of drug-likeness (QED) is 0.0784. The van der Waals surface area contributed by atoms with Crippen LogP contribution in [-0.4, -0.2) is 45.9 Å². The number of benzene rings is 14. The van der Waals surface area contributed by atoms with Gasteiger partial charge in [-0.1, -0.05) is 279 Å². The Bertz CT molecular complexity index is 6370.